The van der Waals surface area contributed by atoms with Crippen LogP contribution in [0.1, 0.15) is 24.6 Å². The van der Waals surface area contributed by atoms with Crippen molar-refractivity contribution in [3.8, 4) is 0 Å². The van der Waals surface area contributed by atoms with Crippen LogP contribution in [0.3, 0.4) is 0 Å². The topological polar surface area (TPSA) is 126 Å². The molecule has 1 saturated carbocycles. The number of hydrogen-bond acceptors (Lipinski definition) is 8. The Morgan fingerprint density at radius 3 is 2.57 bits per heavy atom. The van der Waals surface area contributed by atoms with Gasteiger partial charge in [-0.25, -0.2) is 15.0 Å². The molecule has 3 aromatic rings. The molecule has 4 N–H and O–H groups in total. The van der Waals surface area contributed by atoms with E-state index in [0.717, 1.165) is 17.9 Å². The van der Waals surface area contributed by atoms with E-state index in [4.69, 9.17) is 16.3 Å². The zero-order valence-electron chi connectivity index (χ0n) is 16.0. The molecule has 1 aliphatic heterocycles. The van der Waals surface area contributed by atoms with Crippen molar-refractivity contribution < 1.29 is 20.1 Å². The Morgan fingerprint density at radius 2 is 1.90 bits per heavy atom. The van der Waals surface area contributed by atoms with E-state index in [1.54, 1.807) is 4.57 Å². The van der Waals surface area contributed by atoms with E-state index in [9.17, 15) is 15.3 Å². The Morgan fingerprint density at radius 1 is 1.13 bits per heavy atom. The monoisotopic (exact) mass is 431 g/mol. The second-order valence-electron chi connectivity index (χ2n) is 7.92. The SMILES string of the molecule is OC[C@H]1O[C@@H](n2cnc3c(NCC4(c5ccc(Cl)cc5)CC4)ncnc32)C(O)C1O. The van der Waals surface area contributed by atoms with Crippen molar-refractivity contribution in [3.63, 3.8) is 0 Å². The molecule has 10 heteroatoms. The molecule has 0 spiro atoms. The van der Waals surface area contributed by atoms with Gasteiger partial charge in [0.1, 0.15) is 24.6 Å². The average molecular weight is 432 g/mol. The Kier molecular flexibility index (Phi) is 4.87. The van der Waals surface area contributed by atoms with Gasteiger partial charge < -0.3 is 25.4 Å². The van der Waals surface area contributed by atoms with Gasteiger partial charge >= 0.3 is 0 Å². The first-order valence-electron chi connectivity index (χ1n) is 9.82. The highest BCUT2D eigenvalue weighted by atomic mass is 35.5. The number of fused-ring (bicyclic) bond motifs is 1. The fourth-order valence-corrected chi connectivity index (χ4v) is 4.18. The molecule has 2 aromatic heterocycles. The Hall–Kier alpha value is -2.30. The maximum atomic E-state index is 10.3. The average Bonchev–Trinajstić information content (AvgIpc) is 3.34. The van der Waals surface area contributed by atoms with Crippen molar-refractivity contribution >= 4 is 28.6 Å². The molecule has 5 rings (SSSR count). The van der Waals surface area contributed by atoms with Gasteiger partial charge in [0.2, 0.25) is 0 Å². The summed E-state index contributed by atoms with van der Waals surface area (Å²) in [7, 11) is 0. The molecular formula is C20H22ClN5O4. The quantitative estimate of drug-likeness (QED) is 0.459. The van der Waals surface area contributed by atoms with Crippen LogP contribution in [0.25, 0.3) is 11.2 Å². The summed E-state index contributed by atoms with van der Waals surface area (Å²) in [5.74, 6) is 0.589. The first kappa shape index (κ1) is 19.7. The van der Waals surface area contributed by atoms with Crippen LogP contribution in [0, 0.1) is 0 Å². The lowest BCUT2D eigenvalue weighted by Crippen LogP contribution is -2.33. The van der Waals surface area contributed by atoms with Crippen LogP contribution < -0.4 is 5.32 Å². The lowest BCUT2D eigenvalue weighted by Gasteiger charge is -2.18. The fraction of sp³-hybridized carbons (Fsp3) is 0.450. The summed E-state index contributed by atoms with van der Waals surface area (Å²) in [5, 5.41) is 33.8. The van der Waals surface area contributed by atoms with Crippen molar-refractivity contribution in [1.29, 1.82) is 0 Å². The number of rotatable bonds is 6. The van der Waals surface area contributed by atoms with Crippen LogP contribution in [0.15, 0.2) is 36.9 Å². The molecule has 3 heterocycles. The predicted octanol–water partition coefficient (Wildman–Crippen LogP) is 1.23. The number of halogens is 1. The molecule has 2 fully saturated rings. The number of nitrogens with one attached hydrogen (secondary N) is 1. The van der Waals surface area contributed by atoms with Gasteiger partial charge in [-0.1, -0.05) is 23.7 Å². The van der Waals surface area contributed by atoms with Crippen LogP contribution in [-0.2, 0) is 10.2 Å². The van der Waals surface area contributed by atoms with E-state index >= 15 is 0 Å². The second kappa shape index (κ2) is 7.44. The van der Waals surface area contributed by atoms with Crippen molar-refractivity contribution in [3.05, 3.63) is 47.5 Å². The van der Waals surface area contributed by atoms with Crippen LogP contribution in [-0.4, -0.2) is 66.3 Å². The van der Waals surface area contributed by atoms with Crippen molar-refractivity contribution in [2.45, 2.75) is 42.8 Å². The van der Waals surface area contributed by atoms with Crippen molar-refractivity contribution in [2.24, 2.45) is 0 Å². The van der Waals surface area contributed by atoms with E-state index in [2.05, 4.69) is 32.4 Å². The summed E-state index contributed by atoms with van der Waals surface area (Å²) >= 11 is 6.01. The number of aliphatic hydroxyl groups excluding tert-OH is 3. The molecule has 9 nitrogen and oxygen atoms in total. The Labute approximate surface area is 177 Å². The predicted molar refractivity (Wildman–Crippen MR) is 109 cm³/mol. The fourth-order valence-electron chi connectivity index (χ4n) is 4.05. The molecule has 1 saturated heterocycles. The summed E-state index contributed by atoms with van der Waals surface area (Å²) in [6.45, 7) is 0.303. The van der Waals surface area contributed by atoms with Gasteiger partial charge in [-0.05, 0) is 30.5 Å². The van der Waals surface area contributed by atoms with Crippen LogP contribution in [0.5, 0.6) is 0 Å². The molecule has 1 aliphatic carbocycles. The third kappa shape index (κ3) is 3.23. The molecule has 0 amide bonds. The minimum Gasteiger partial charge on any atom is -0.394 e. The molecular weight excluding hydrogens is 410 g/mol. The number of imidazole rings is 1. The van der Waals surface area contributed by atoms with E-state index in [1.165, 1.54) is 18.2 Å². The lowest BCUT2D eigenvalue weighted by molar-refractivity contribution is -0.0511. The number of hydrogen-bond donors (Lipinski definition) is 4. The van der Waals surface area contributed by atoms with Crippen LogP contribution >= 0.6 is 11.6 Å². The van der Waals surface area contributed by atoms with Gasteiger partial charge in [-0.3, -0.25) is 4.57 Å². The summed E-state index contributed by atoms with van der Waals surface area (Å²) in [4.78, 5) is 13.0. The Bertz CT molecular complexity index is 1060. The molecule has 0 bridgehead atoms. The number of benzene rings is 1. The number of nitrogens with zero attached hydrogens (tertiary/aromatic N) is 4. The minimum atomic E-state index is -1.20. The third-order valence-electron chi connectivity index (χ3n) is 6.05. The van der Waals surface area contributed by atoms with Crippen LogP contribution in [0.2, 0.25) is 5.02 Å². The molecule has 2 unspecified atom stereocenters. The number of aromatic nitrogens is 4. The maximum absolute atomic E-state index is 10.3. The molecule has 0 radical (unpaired) electrons. The number of aliphatic hydroxyl groups is 3. The third-order valence-corrected chi connectivity index (χ3v) is 6.31. The highest BCUT2D eigenvalue weighted by Gasteiger charge is 2.45. The minimum absolute atomic E-state index is 0.0492. The zero-order valence-corrected chi connectivity index (χ0v) is 16.8. The smallest absolute Gasteiger partial charge is 0.167 e. The summed E-state index contributed by atoms with van der Waals surface area (Å²) in [5.41, 5.74) is 2.30. The van der Waals surface area contributed by atoms with E-state index in [1.807, 2.05) is 12.1 Å². The molecule has 2 aliphatic rings. The second-order valence-corrected chi connectivity index (χ2v) is 8.35. The van der Waals surface area contributed by atoms with Gasteiger partial charge in [0, 0.05) is 17.0 Å². The molecule has 30 heavy (non-hydrogen) atoms. The van der Waals surface area contributed by atoms with Crippen LogP contribution in [0.4, 0.5) is 5.82 Å². The standard InChI is InChI=1S/C20H22ClN5O4/c21-12-3-1-11(2-4-12)20(5-6-20)8-22-17-14-18(24-9-23-17)26(10-25-14)19-16(29)15(28)13(7-27)30-19/h1-4,9-10,13,15-16,19,27-29H,5-8H2,(H,22,23,24)/t13-,15?,16?,19-/m1/s1. The molecule has 1 aromatic carbocycles. The van der Waals surface area contributed by atoms with E-state index in [-0.39, 0.29) is 5.41 Å². The van der Waals surface area contributed by atoms with Crippen molar-refractivity contribution in [1.82, 2.24) is 19.5 Å². The van der Waals surface area contributed by atoms with Gasteiger partial charge in [0.15, 0.2) is 23.2 Å². The summed E-state index contributed by atoms with van der Waals surface area (Å²) in [6.07, 6.45) is 0.920. The first-order chi connectivity index (χ1) is 14.5. The summed E-state index contributed by atoms with van der Waals surface area (Å²) in [6, 6.07) is 7.93. The lowest BCUT2D eigenvalue weighted by atomic mass is 9.96. The van der Waals surface area contributed by atoms with E-state index < -0.39 is 31.1 Å². The normalized spacial score (nSPS) is 27.5. The maximum Gasteiger partial charge on any atom is 0.167 e. The van der Waals surface area contributed by atoms with Gasteiger partial charge in [-0.15, -0.1) is 0 Å². The highest BCUT2D eigenvalue weighted by molar-refractivity contribution is 6.30. The van der Waals surface area contributed by atoms with Crippen molar-refractivity contribution in [2.75, 3.05) is 18.5 Å². The molecule has 158 valence electrons. The Balaban J connectivity index is 1.39. The highest BCUT2D eigenvalue weighted by Crippen LogP contribution is 2.48. The summed E-state index contributed by atoms with van der Waals surface area (Å²) < 4.78 is 7.15. The number of anilines is 1. The molecule has 4 atom stereocenters. The van der Waals surface area contributed by atoms with E-state index in [0.29, 0.717) is 23.5 Å². The van der Waals surface area contributed by atoms with Gasteiger partial charge in [0.25, 0.3) is 0 Å². The zero-order chi connectivity index (χ0) is 20.9. The first-order valence-corrected chi connectivity index (χ1v) is 10.2. The largest absolute Gasteiger partial charge is 0.394 e. The van der Waals surface area contributed by atoms with Gasteiger partial charge in [0.05, 0.1) is 12.9 Å². The number of ether oxygens (including phenoxy) is 1. The van der Waals surface area contributed by atoms with Gasteiger partial charge in [-0.2, -0.15) is 0 Å².